The Labute approximate surface area is 554 Å². The highest BCUT2D eigenvalue weighted by molar-refractivity contribution is 7.88. The number of benzene rings is 4. The Morgan fingerprint density at radius 2 is 0.895 bits per heavy atom. The average Bonchev–Trinajstić information content (AvgIpc) is 1.59. The molecule has 25 heteroatoms. The highest BCUT2D eigenvalue weighted by atomic mass is 32.2. The quantitative estimate of drug-likeness (QED) is 0.105. The number of rotatable bonds is 10. The molecule has 0 spiro atoms. The minimum atomic E-state index is -4.04. The fraction of sp³-hybridized carbons (Fsp3) is 0.457. The van der Waals surface area contributed by atoms with E-state index in [1.54, 1.807) is 49.1 Å². The number of carbonyl (C=O) groups excluding carboxylic acids is 5. The van der Waals surface area contributed by atoms with Crippen LogP contribution in [0.5, 0.6) is 0 Å². The second-order valence-electron chi connectivity index (χ2n) is 25.6. The maximum atomic E-state index is 14.1. The monoisotopic (exact) mass is 1340 g/mol. The van der Waals surface area contributed by atoms with Crippen molar-refractivity contribution in [1.82, 2.24) is 47.2 Å². The van der Waals surface area contributed by atoms with Crippen molar-refractivity contribution < 1.29 is 60.2 Å². The summed E-state index contributed by atoms with van der Waals surface area (Å²) in [6.07, 6.45) is 14.9. The molecule has 8 heterocycles. The summed E-state index contributed by atoms with van der Waals surface area (Å²) in [6.45, 7) is 11.0. The summed E-state index contributed by atoms with van der Waals surface area (Å²) in [4.78, 5) is 81.1. The number of morpholine rings is 2. The van der Waals surface area contributed by atoms with Crippen LogP contribution in [0.15, 0.2) is 96.1 Å². The standard InChI is InChI=1S/C35H41N5O6S.C29H31N3O6S.C6H12N2O/c1-24(41)37-13-15-38(16-14-37)35(43)28-21-26-9-5-6-10-29(26)33-32(25-7-3-2-4-8-25)30-12-11-27(22-31(30)40(33)23-28)34(42)36-47(44,45)39-17-19-46-20-18-39;33-28(30-39(36,37)31-12-14-38-15-13-31)21-10-11-24-25(17-21)32-18-22(29(34)35)16-20-8-4-5-9-23(20)27(32)26(24)19-6-2-1-3-7-19;1-6(9)8-4-2-7-3-5-8/h5-6,9-12,21-22,25H,2-4,7-8,13-20,23H2,1H3,(H,36,42);4-5,8-11,16-17,19H,1-3,6-7,12-15,18H2,(H,30,33)(H,34,35);7H,2-5H2,1H3. The number of amides is 5. The number of fused-ring (bicyclic) bond motifs is 10. The van der Waals surface area contributed by atoms with E-state index in [1.165, 1.54) is 32.6 Å². The van der Waals surface area contributed by atoms with Crippen molar-refractivity contribution in [2.24, 2.45) is 0 Å². The zero-order valence-corrected chi connectivity index (χ0v) is 55.6. The molecule has 4 saturated heterocycles. The normalized spacial score (nSPS) is 19.2. The highest BCUT2D eigenvalue weighted by Gasteiger charge is 2.36. The predicted octanol–water partition coefficient (Wildman–Crippen LogP) is 7.33. The molecule has 0 radical (unpaired) electrons. The van der Waals surface area contributed by atoms with Crippen LogP contribution in [0.1, 0.15) is 133 Å². The van der Waals surface area contributed by atoms with Gasteiger partial charge in [0.2, 0.25) is 11.8 Å². The molecule has 95 heavy (non-hydrogen) atoms. The lowest BCUT2D eigenvalue weighted by Gasteiger charge is -2.34. The molecule has 0 atom stereocenters. The van der Waals surface area contributed by atoms with Gasteiger partial charge in [0.05, 0.1) is 56.5 Å². The molecule has 0 unspecified atom stereocenters. The SMILES string of the molecule is CC(=O)N1CCN(C(=O)C2=Cc3ccccc3-c3c(C4CCCCC4)c4ccc(C(=O)NS(=O)(=O)N5CCOCC5)cc4n3C2)CC1.CC(=O)N1CCNCC1.O=C(O)C1=Cc2ccccc2-c2c(C3CCCCC3)c3ccc(C(=O)NS(=O)(=O)N4CCOCC4)cc3n2C1. The zero-order chi connectivity index (χ0) is 66.5. The van der Waals surface area contributed by atoms with Gasteiger partial charge in [-0.1, -0.05) is 99.2 Å². The van der Waals surface area contributed by atoms with E-state index in [4.69, 9.17) is 9.47 Å². The highest BCUT2D eigenvalue weighted by Crippen LogP contribution is 2.49. The number of ether oxygens (including phenoxy) is 2. The van der Waals surface area contributed by atoms with Gasteiger partial charge in [-0.2, -0.15) is 25.4 Å². The first-order valence-electron chi connectivity index (χ1n) is 33.3. The van der Waals surface area contributed by atoms with Gasteiger partial charge >= 0.3 is 26.4 Å². The maximum absolute atomic E-state index is 14.1. The number of aromatic nitrogens is 2. The number of hydrogen-bond acceptors (Lipinski definition) is 13. The summed E-state index contributed by atoms with van der Waals surface area (Å²) in [5.74, 6) is -1.63. The molecule has 6 aromatic rings. The molecule has 5 amide bonds. The van der Waals surface area contributed by atoms with Crippen LogP contribution in [0.2, 0.25) is 0 Å². The molecule has 2 aliphatic carbocycles. The maximum Gasteiger partial charge on any atom is 0.333 e. The van der Waals surface area contributed by atoms with Crippen molar-refractivity contribution in [3.63, 3.8) is 0 Å². The summed E-state index contributed by atoms with van der Waals surface area (Å²) in [6, 6.07) is 26.7. The molecule has 4 N–H and O–H groups in total. The zero-order valence-electron chi connectivity index (χ0n) is 54.0. The van der Waals surface area contributed by atoms with Crippen molar-refractivity contribution in [2.45, 2.75) is 103 Å². The number of carboxylic acid groups (broad SMARTS) is 1. The molecule has 504 valence electrons. The average molecular weight is 1340 g/mol. The lowest BCUT2D eigenvalue weighted by Crippen LogP contribution is -2.50. The Morgan fingerprint density at radius 3 is 1.32 bits per heavy atom. The van der Waals surface area contributed by atoms with Crippen LogP contribution in [0, 0.1) is 0 Å². The van der Waals surface area contributed by atoms with Crippen molar-refractivity contribution in [1.29, 1.82) is 0 Å². The van der Waals surface area contributed by atoms with Gasteiger partial charge in [-0.25, -0.2) is 14.2 Å². The van der Waals surface area contributed by atoms with E-state index in [2.05, 4.69) is 25.4 Å². The molecule has 4 aromatic carbocycles. The van der Waals surface area contributed by atoms with E-state index in [1.807, 2.05) is 75.0 Å². The van der Waals surface area contributed by atoms with Gasteiger partial charge in [-0.15, -0.1) is 0 Å². The number of carbonyl (C=O) groups is 6. The Balaban J connectivity index is 0.000000163. The number of aliphatic carboxylic acids is 1. The van der Waals surface area contributed by atoms with Crippen LogP contribution in [0.4, 0.5) is 0 Å². The lowest BCUT2D eigenvalue weighted by molar-refractivity contribution is -0.136. The third-order valence-electron chi connectivity index (χ3n) is 19.7. The molecule has 6 aliphatic heterocycles. The Bertz CT molecular complexity index is 4230. The second kappa shape index (κ2) is 29.1. The summed E-state index contributed by atoms with van der Waals surface area (Å²) < 4.78 is 73.3. The van der Waals surface area contributed by atoms with E-state index in [0.29, 0.717) is 50.1 Å². The Kier molecular flexibility index (Phi) is 20.5. The molecule has 8 aliphatic rings. The van der Waals surface area contributed by atoms with Gasteiger partial charge in [-0.3, -0.25) is 24.0 Å². The predicted molar refractivity (Wildman–Crippen MR) is 362 cm³/mol. The number of nitrogens with one attached hydrogen (secondary N) is 3. The largest absolute Gasteiger partial charge is 0.478 e. The van der Waals surface area contributed by atoms with E-state index < -0.39 is 38.2 Å². The van der Waals surface area contributed by atoms with E-state index >= 15 is 0 Å². The summed E-state index contributed by atoms with van der Waals surface area (Å²) in [7, 11) is -8.06. The molecule has 14 rings (SSSR count). The van der Waals surface area contributed by atoms with Crippen LogP contribution < -0.4 is 14.8 Å². The van der Waals surface area contributed by atoms with Gasteiger partial charge in [0, 0.05) is 142 Å². The first kappa shape index (κ1) is 67.0. The molecule has 23 nitrogen and oxygen atoms in total. The van der Waals surface area contributed by atoms with Gasteiger partial charge < -0.3 is 43.7 Å². The first-order chi connectivity index (χ1) is 45.8. The number of nitrogens with zero attached hydrogens (tertiary/aromatic N) is 7. The van der Waals surface area contributed by atoms with Crippen molar-refractivity contribution in [3.05, 3.63) is 129 Å². The summed E-state index contributed by atoms with van der Waals surface area (Å²) in [5, 5.41) is 15.2. The smallest absolute Gasteiger partial charge is 0.333 e. The van der Waals surface area contributed by atoms with Gasteiger partial charge in [0.15, 0.2) is 0 Å². The second-order valence-corrected chi connectivity index (χ2v) is 28.9. The third-order valence-corrected chi connectivity index (χ3v) is 22.7. The Hall–Kier alpha value is -8.04. The van der Waals surface area contributed by atoms with Crippen LogP contribution in [0.3, 0.4) is 0 Å². The van der Waals surface area contributed by atoms with Crippen LogP contribution in [-0.2, 0) is 62.2 Å². The molecule has 6 fully saturated rings. The van der Waals surface area contributed by atoms with Crippen LogP contribution in [-0.4, -0.2) is 195 Å². The number of hydrogen-bond donors (Lipinski definition) is 4. The fourth-order valence-corrected chi connectivity index (χ4v) is 17.0. The van der Waals surface area contributed by atoms with E-state index in [-0.39, 0.29) is 93.6 Å². The lowest BCUT2D eigenvalue weighted by atomic mass is 9.81. The van der Waals surface area contributed by atoms with Crippen LogP contribution >= 0.6 is 0 Å². The number of piperazine rings is 2. The van der Waals surface area contributed by atoms with Crippen molar-refractivity contribution in [3.8, 4) is 22.5 Å². The molecule has 2 saturated carbocycles. The number of carboxylic acids is 1. The molecular formula is C70H84N10O13S2. The topological polar surface area (TPSA) is 272 Å². The van der Waals surface area contributed by atoms with E-state index in [0.717, 1.165) is 133 Å². The molecular weight excluding hydrogens is 1250 g/mol. The first-order valence-corrected chi connectivity index (χ1v) is 36.2. The Morgan fingerprint density at radius 1 is 0.495 bits per heavy atom. The molecule has 0 bridgehead atoms. The molecule has 2 aromatic heterocycles. The van der Waals surface area contributed by atoms with Gasteiger partial charge in [-0.05, 0) is 96.2 Å². The van der Waals surface area contributed by atoms with Gasteiger partial charge in [0.25, 0.3) is 17.7 Å². The third kappa shape index (κ3) is 14.6. The fourth-order valence-electron chi connectivity index (χ4n) is 14.8. The van der Waals surface area contributed by atoms with Crippen molar-refractivity contribution >= 4 is 89.9 Å². The minimum Gasteiger partial charge on any atom is -0.478 e. The van der Waals surface area contributed by atoms with Crippen LogP contribution in [0.25, 0.3) is 56.5 Å². The summed E-state index contributed by atoms with van der Waals surface area (Å²) >= 11 is 0. The summed E-state index contributed by atoms with van der Waals surface area (Å²) in [5.41, 5.74) is 11.1. The van der Waals surface area contributed by atoms with Crippen molar-refractivity contribution in [2.75, 3.05) is 105 Å². The van der Waals surface area contributed by atoms with E-state index in [9.17, 15) is 50.7 Å². The van der Waals surface area contributed by atoms with Gasteiger partial charge in [0.1, 0.15) is 0 Å². The minimum absolute atomic E-state index is 0.0102.